The standard InChI is InChI=1S/C15H16F3NO.C2H6/c1-14(2,15(16,17)18)8-7-11-5-4-6-12-13(11)20-10-9-19(12)3;1-2/h4-6H,9-10H2,1-3H3;1-2H3. The van der Waals surface area contributed by atoms with Crippen molar-refractivity contribution in [1.29, 1.82) is 0 Å². The number of anilines is 1. The van der Waals surface area contributed by atoms with Crippen LogP contribution in [-0.2, 0) is 0 Å². The third-order valence-corrected chi connectivity index (χ3v) is 3.30. The summed E-state index contributed by atoms with van der Waals surface area (Å²) in [6, 6.07) is 5.32. The molecule has 2 nitrogen and oxygen atoms in total. The minimum atomic E-state index is -4.35. The van der Waals surface area contributed by atoms with Gasteiger partial charge in [0.1, 0.15) is 12.0 Å². The summed E-state index contributed by atoms with van der Waals surface area (Å²) in [4.78, 5) is 2.00. The second kappa shape index (κ2) is 6.95. The number of nitrogens with zero attached hydrogens (tertiary/aromatic N) is 1. The normalized spacial score (nSPS) is 13.9. The third kappa shape index (κ3) is 3.88. The van der Waals surface area contributed by atoms with E-state index in [-0.39, 0.29) is 0 Å². The first-order chi connectivity index (χ1) is 10.2. The summed E-state index contributed by atoms with van der Waals surface area (Å²) < 4.78 is 43.9. The summed E-state index contributed by atoms with van der Waals surface area (Å²) in [5, 5.41) is 0. The number of ether oxygens (including phenoxy) is 1. The largest absolute Gasteiger partial charge is 0.488 e. The molecule has 0 saturated heterocycles. The van der Waals surface area contributed by atoms with Crippen LogP contribution in [0, 0.1) is 17.3 Å². The van der Waals surface area contributed by atoms with Crippen LogP contribution in [0.15, 0.2) is 18.2 Å². The molecule has 0 aliphatic carbocycles. The average molecular weight is 313 g/mol. The lowest BCUT2D eigenvalue weighted by molar-refractivity contribution is -0.190. The maximum absolute atomic E-state index is 12.8. The van der Waals surface area contributed by atoms with Crippen molar-refractivity contribution in [2.45, 2.75) is 33.9 Å². The van der Waals surface area contributed by atoms with Crippen LogP contribution in [0.5, 0.6) is 5.75 Å². The van der Waals surface area contributed by atoms with Gasteiger partial charge in [0.2, 0.25) is 0 Å². The molecule has 22 heavy (non-hydrogen) atoms. The molecular weight excluding hydrogens is 291 g/mol. The Morgan fingerprint density at radius 3 is 2.41 bits per heavy atom. The zero-order valence-corrected chi connectivity index (χ0v) is 13.6. The van der Waals surface area contributed by atoms with Crippen molar-refractivity contribution in [1.82, 2.24) is 0 Å². The number of fused-ring (bicyclic) bond motifs is 1. The van der Waals surface area contributed by atoms with E-state index in [2.05, 4.69) is 11.8 Å². The van der Waals surface area contributed by atoms with Gasteiger partial charge in [-0.25, -0.2) is 0 Å². The molecule has 0 spiro atoms. The SMILES string of the molecule is CC.CN1CCOc2c(C#CC(C)(C)C(F)(F)F)cccc21. The van der Waals surface area contributed by atoms with E-state index >= 15 is 0 Å². The van der Waals surface area contributed by atoms with Gasteiger partial charge in [-0.1, -0.05) is 31.8 Å². The van der Waals surface area contributed by atoms with Crippen molar-refractivity contribution in [3.63, 3.8) is 0 Å². The highest BCUT2D eigenvalue weighted by Gasteiger charge is 2.46. The number of benzene rings is 1. The predicted molar refractivity (Wildman–Crippen MR) is 83.3 cm³/mol. The van der Waals surface area contributed by atoms with Gasteiger partial charge in [-0.15, -0.1) is 0 Å². The van der Waals surface area contributed by atoms with Gasteiger partial charge in [0, 0.05) is 7.05 Å². The van der Waals surface area contributed by atoms with Crippen molar-refractivity contribution in [2.75, 3.05) is 25.1 Å². The number of halogens is 3. The number of rotatable bonds is 0. The molecule has 0 radical (unpaired) electrons. The number of para-hydroxylation sites is 1. The molecule has 122 valence electrons. The van der Waals surface area contributed by atoms with Crippen molar-refractivity contribution in [3.8, 4) is 17.6 Å². The van der Waals surface area contributed by atoms with Crippen LogP contribution in [0.2, 0.25) is 0 Å². The molecular formula is C17H22F3NO. The van der Waals surface area contributed by atoms with Crippen LogP contribution in [-0.4, -0.2) is 26.4 Å². The first-order valence-corrected chi connectivity index (χ1v) is 7.29. The third-order valence-electron chi connectivity index (χ3n) is 3.30. The quantitative estimate of drug-likeness (QED) is 0.655. The molecule has 0 aromatic heterocycles. The molecule has 0 N–H and O–H groups in total. The minimum absolute atomic E-state index is 0.492. The molecule has 1 heterocycles. The van der Waals surface area contributed by atoms with E-state index in [1.165, 1.54) is 0 Å². The van der Waals surface area contributed by atoms with Gasteiger partial charge in [0.05, 0.1) is 17.8 Å². The maximum atomic E-state index is 12.8. The Bertz CT molecular complexity index is 567. The Kier molecular flexibility index (Phi) is 5.76. The van der Waals surface area contributed by atoms with E-state index in [0.29, 0.717) is 17.9 Å². The van der Waals surface area contributed by atoms with Crippen molar-refractivity contribution in [2.24, 2.45) is 5.41 Å². The van der Waals surface area contributed by atoms with E-state index in [0.717, 1.165) is 26.1 Å². The highest BCUT2D eigenvalue weighted by atomic mass is 19.4. The van der Waals surface area contributed by atoms with Crippen LogP contribution in [0.3, 0.4) is 0 Å². The fourth-order valence-corrected chi connectivity index (χ4v) is 1.78. The van der Waals surface area contributed by atoms with Gasteiger partial charge >= 0.3 is 6.18 Å². The molecule has 1 aromatic carbocycles. The number of alkyl halides is 3. The summed E-state index contributed by atoms with van der Waals surface area (Å²) in [7, 11) is 1.91. The molecule has 0 unspecified atom stereocenters. The van der Waals surface area contributed by atoms with Crippen molar-refractivity contribution in [3.05, 3.63) is 23.8 Å². The lowest BCUT2D eigenvalue weighted by atomic mass is 9.93. The van der Waals surface area contributed by atoms with Crippen LogP contribution < -0.4 is 9.64 Å². The molecule has 0 fully saturated rings. The van der Waals surface area contributed by atoms with Gasteiger partial charge in [-0.05, 0) is 26.0 Å². The summed E-state index contributed by atoms with van der Waals surface area (Å²) in [5.41, 5.74) is -0.699. The molecule has 0 bridgehead atoms. The number of likely N-dealkylation sites (N-methyl/N-ethyl adjacent to an activating group) is 1. The Labute approximate surface area is 130 Å². The second-order valence-corrected chi connectivity index (χ2v) is 5.30. The van der Waals surface area contributed by atoms with Gasteiger partial charge in [-0.2, -0.15) is 13.2 Å². The second-order valence-electron chi connectivity index (χ2n) is 5.30. The lowest BCUT2D eigenvalue weighted by Gasteiger charge is -2.28. The number of hydrogen-bond donors (Lipinski definition) is 0. The fourth-order valence-electron chi connectivity index (χ4n) is 1.78. The number of hydrogen-bond acceptors (Lipinski definition) is 2. The summed E-state index contributed by atoms with van der Waals surface area (Å²) in [6.07, 6.45) is -4.35. The zero-order valence-electron chi connectivity index (χ0n) is 13.6. The molecule has 1 aromatic rings. The molecule has 2 rings (SSSR count). The monoisotopic (exact) mass is 313 g/mol. The predicted octanol–water partition coefficient (Wildman–Crippen LogP) is 4.48. The van der Waals surface area contributed by atoms with Crippen molar-refractivity contribution >= 4 is 5.69 Å². The van der Waals surface area contributed by atoms with Crippen LogP contribution in [0.4, 0.5) is 18.9 Å². The fraction of sp³-hybridized carbons (Fsp3) is 0.529. The summed E-state index contributed by atoms with van der Waals surface area (Å²) in [5.74, 6) is 5.49. The Balaban J connectivity index is 0.00000116. The van der Waals surface area contributed by atoms with Crippen molar-refractivity contribution < 1.29 is 17.9 Å². The van der Waals surface area contributed by atoms with Crippen LogP contribution in [0.25, 0.3) is 0 Å². The van der Waals surface area contributed by atoms with E-state index < -0.39 is 11.6 Å². The van der Waals surface area contributed by atoms with Gasteiger partial charge in [-0.3, -0.25) is 0 Å². The highest BCUT2D eigenvalue weighted by Crippen LogP contribution is 2.38. The maximum Gasteiger partial charge on any atom is 0.404 e. The van der Waals surface area contributed by atoms with Gasteiger partial charge in [0.25, 0.3) is 0 Å². The Morgan fingerprint density at radius 1 is 1.18 bits per heavy atom. The van der Waals surface area contributed by atoms with E-state index in [4.69, 9.17) is 4.74 Å². The molecule has 0 amide bonds. The van der Waals surface area contributed by atoms with Gasteiger partial charge in [0.15, 0.2) is 5.75 Å². The molecule has 0 atom stereocenters. The smallest absolute Gasteiger partial charge is 0.404 e. The Hall–Kier alpha value is -1.83. The van der Waals surface area contributed by atoms with E-state index in [9.17, 15) is 13.2 Å². The topological polar surface area (TPSA) is 12.5 Å². The lowest BCUT2D eigenvalue weighted by Crippen LogP contribution is -2.30. The average Bonchev–Trinajstić information content (AvgIpc) is 2.46. The molecule has 1 aliphatic heterocycles. The Morgan fingerprint density at radius 2 is 1.82 bits per heavy atom. The zero-order chi connectivity index (χ0) is 17.0. The van der Waals surface area contributed by atoms with E-state index in [1.54, 1.807) is 12.1 Å². The first kappa shape index (κ1) is 18.2. The molecule has 5 heteroatoms. The summed E-state index contributed by atoms with van der Waals surface area (Å²) in [6.45, 7) is 7.40. The van der Waals surface area contributed by atoms with Crippen LogP contribution >= 0.6 is 0 Å². The molecule has 1 aliphatic rings. The van der Waals surface area contributed by atoms with Gasteiger partial charge < -0.3 is 9.64 Å². The van der Waals surface area contributed by atoms with Crippen LogP contribution in [0.1, 0.15) is 33.3 Å². The molecule has 0 saturated carbocycles. The summed E-state index contributed by atoms with van der Waals surface area (Å²) >= 11 is 0. The first-order valence-electron chi connectivity index (χ1n) is 7.29. The van der Waals surface area contributed by atoms with E-state index in [1.807, 2.05) is 31.9 Å². The highest BCUT2D eigenvalue weighted by molar-refractivity contribution is 5.66. The minimum Gasteiger partial charge on any atom is -0.488 e.